The molecule has 0 saturated heterocycles. The molecule has 0 atom stereocenters. The Labute approximate surface area is 258 Å². The summed E-state index contributed by atoms with van der Waals surface area (Å²) in [6.45, 7) is 0. The van der Waals surface area contributed by atoms with E-state index < -0.39 is 16.7 Å². The van der Waals surface area contributed by atoms with E-state index in [4.69, 9.17) is 14.2 Å². The number of carbonyl (C=O) groups is 3. The zero-order valence-corrected chi connectivity index (χ0v) is 24.6. The lowest BCUT2D eigenvalue weighted by molar-refractivity contribution is -0.384. The molecule has 0 aromatic heterocycles. The van der Waals surface area contributed by atoms with E-state index >= 15 is 0 Å². The Kier molecular flexibility index (Phi) is 10.4. The van der Waals surface area contributed by atoms with Crippen molar-refractivity contribution >= 4 is 41.1 Å². The molecule has 2 N–H and O–H groups in total. The molecule has 0 fully saturated rings. The standard InChI is InChI=1S/C34H29N3O8/c1-43-30-20-23(21-31(44-2)32(30)45-3)11-18-29(38)24-12-14-26(15-13-24)35-34(40)28(36-33(39)25-7-5-4-6-8-25)19-22-9-16-27(17-10-22)37(41)42/h4-21H,1-3H3,(H,35,40)(H,36,39)/b18-11+,28-19-. The minimum Gasteiger partial charge on any atom is -0.493 e. The molecule has 0 spiro atoms. The summed E-state index contributed by atoms with van der Waals surface area (Å²) >= 11 is 0. The summed E-state index contributed by atoms with van der Waals surface area (Å²) in [5, 5.41) is 16.3. The van der Waals surface area contributed by atoms with Crippen LogP contribution in [0, 0.1) is 10.1 Å². The summed E-state index contributed by atoms with van der Waals surface area (Å²) in [6.07, 6.45) is 4.43. The van der Waals surface area contributed by atoms with Crippen molar-refractivity contribution in [3.05, 3.63) is 135 Å². The minimum atomic E-state index is -0.640. The van der Waals surface area contributed by atoms with Gasteiger partial charge in [0.1, 0.15) is 5.70 Å². The van der Waals surface area contributed by atoms with Crippen molar-refractivity contribution in [3.8, 4) is 17.2 Å². The SMILES string of the molecule is COc1cc(/C=C/C(=O)c2ccc(NC(=O)/C(=C/c3ccc([N+](=O)[O-])cc3)NC(=O)c3ccccc3)cc2)cc(OC)c1OC. The molecule has 0 saturated carbocycles. The molecule has 4 rings (SSSR count). The molecular weight excluding hydrogens is 578 g/mol. The van der Waals surface area contributed by atoms with Crippen LogP contribution in [0.15, 0.2) is 103 Å². The molecule has 0 aliphatic heterocycles. The minimum absolute atomic E-state index is 0.0915. The molecule has 0 unspecified atom stereocenters. The van der Waals surface area contributed by atoms with Crippen molar-refractivity contribution in [2.24, 2.45) is 0 Å². The fraction of sp³-hybridized carbons (Fsp3) is 0.0882. The number of rotatable bonds is 12. The van der Waals surface area contributed by atoms with Crippen LogP contribution >= 0.6 is 0 Å². The van der Waals surface area contributed by atoms with Gasteiger partial charge < -0.3 is 24.8 Å². The lowest BCUT2D eigenvalue weighted by atomic mass is 10.1. The van der Waals surface area contributed by atoms with Gasteiger partial charge in [0.15, 0.2) is 17.3 Å². The second-order valence-electron chi connectivity index (χ2n) is 9.41. The molecule has 0 aliphatic carbocycles. The Balaban J connectivity index is 1.51. The average Bonchev–Trinajstić information content (AvgIpc) is 3.07. The number of methoxy groups -OCH3 is 3. The lowest BCUT2D eigenvalue weighted by Gasteiger charge is -2.12. The Morgan fingerprint density at radius 3 is 1.93 bits per heavy atom. The van der Waals surface area contributed by atoms with Crippen LogP contribution in [0.1, 0.15) is 31.8 Å². The number of allylic oxidation sites excluding steroid dienone is 1. The highest BCUT2D eigenvalue weighted by atomic mass is 16.6. The first-order chi connectivity index (χ1) is 21.7. The molecule has 4 aromatic rings. The van der Waals surface area contributed by atoms with E-state index in [-0.39, 0.29) is 17.2 Å². The molecule has 11 nitrogen and oxygen atoms in total. The van der Waals surface area contributed by atoms with E-state index in [2.05, 4.69) is 10.6 Å². The number of hydrogen-bond donors (Lipinski definition) is 2. The highest BCUT2D eigenvalue weighted by Gasteiger charge is 2.16. The summed E-state index contributed by atoms with van der Waals surface area (Å²) in [5.41, 5.74) is 1.99. The van der Waals surface area contributed by atoms with Crippen LogP contribution in [-0.4, -0.2) is 43.9 Å². The normalized spacial score (nSPS) is 11.0. The van der Waals surface area contributed by atoms with Crippen molar-refractivity contribution in [3.63, 3.8) is 0 Å². The van der Waals surface area contributed by atoms with Gasteiger partial charge in [0.2, 0.25) is 5.75 Å². The summed E-state index contributed by atoms with van der Waals surface area (Å²) in [7, 11) is 4.51. The predicted octanol–water partition coefficient (Wildman–Crippen LogP) is 5.93. The molecule has 0 radical (unpaired) electrons. The van der Waals surface area contributed by atoms with Crippen LogP contribution in [0.25, 0.3) is 12.2 Å². The summed E-state index contributed by atoms with van der Waals surface area (Å²) in [6, 6.07) is 23.5. The third-order valence-electron chi connectivity index (χ3n) is 6.49. The number of carbonyl (C=O) groups excluding carboxylic acids is 3. The average molecular weight is 608 g/mol. The van der Waals surface area contributed by atoms with Gasteiger partial charge >= 0.3 is 0 Å². The van der Waals surface area contributed by atoms with Gasteiger partial charge in [-0.25, -0.2) is 0 Å². The van der Waals surface area contributed by atoms with Crippen LogP contribution in [0.3, 0.4) is 0 Å². The first-order valence-electron chi connectivity index (χ1n) is 13.5. The third kappa shape index (κ3) is 8.20. The molecule has 0 heterocycles. The summed E-state index contributed by atoms with van der Waals surface area (Å²) < 4.78 is 16.0. The van der Waals surface area contributed by atoms with Gasteiger partial charge in [-0.3, -0.25) is 24.5 Å². The zero-order chi connectivity index (χ0) is 32.3. The van der Waals surface area contributed by atoms with E-state index in [0.29, 0.717) is 45.2 Å². The first kappa shape index (κ1) is 31.7. The number of ether oxygens (including phenoxy) is 3. The van der Waals surface area contributed by atoms with Gasteiger partial charge in [0, 0.05) is 28.9 Å². The van der Waals surface area contributed by atoms with E-state index in [9.17, 15) is 24.5 Å². The first-order valence-corrected chi connectivity index (χ1v) is 13.5. The second kappa shape index (κ2) is 14.8. The Morgan fingerprint density at radius 2 is 1.38 bits per heavy atom. The van der Waals surface area contributed by atoms with Gasteiger partial charge in [-0.05, 0) is 83.9 Å². The predicted molar refractivity (Wildman–Crippen MR) is 170 cm³/mol. The van der Waals surface area contributed by atoms with E-state index in [0.717, 1.165) is 0 Å². The maximum atomic E-state index is 13.3. The summed E-state index contributed by atoms with van der Waals surface area (Å²) in [4.78, 5) is 49.5. The Morgan fingerprint density at radius 1 is 0.756 bits per heavy atom. The van der Waals surface area contributed by atoms with Crippen LogP contribution in [0.4, 0.5) is 11.4 Å². The monoisotopic (exact) mass is 607 g/mol. The number of nitro benzene ring substituents is 1. The van der Waals surface area contributed by atoms with Gasteiger partial charge in [-0.1, -0.05) is 24.3 Å². The van der Waals surface area contributed by atoms with Gasteiger partial charge in [0.25, 0.3) is 17.5 Å². The maximum absolute atomic E-state index is 13.3. The van der Waals surface area contributed by atoms with Crippen LogP contribution < -0.4 is 24.8 Å². The Bertz CT molecular complexity index is 1740. The van der Waals surface area contributed by atoms with Crippen LogP contribution in [0.5, 0.6) is 17.2 Å². The molecule has 11 heteroatoms. The van der Waals surface area contributed by atoms with E-state index in [1.807, 2.05) is 0 Å². The smallest absolute Gasteiger partial charge is 0.272 e. The number of anilines is 1. The van der Waals surface area contributed by atoms with Gasteiger partial charge in [-0.15, -0.1) is 0 Å². The van der Waals surface area contributed by atoms with Crippen molar-refractivity contribution in [1.82, 2.24) is 5.32 Å². The molecule has 0 aliphatic rings. The van der Waals surface area contributed by atoms with Gasteiger partial charge in [-0.2, -0.15) is 0 Å². The van der Waals surface area contributed by atoms with Gasteiger partial charge in [0.05, 0.1) is 26.3 Å². The number of ketones is 1. The quantitative estimate of drug-likeness (QED) is 0.0873. The highest BCUT2D eigenvalue weighted by molar-refractivity contribution is 6.11. The molecule has 0 bridgehead atoms. The number of nitrogens with one attached hydrogen (secondary N) is 2. The number of benzene rings is 4. The maximum Gasteiger partial charge on any atom is 0.272 e. The molecule has 2 amide bonds. The number of nitro groups is 1. The third-order valence-corrected chi connectivity index (χ3v) is 6.49. The fourth-order valence-corrected chi connectivity index (χ4v) is 4.18. The topological polar surface area (TPSA) is 146 Å². The largest absolute Gasteiger partial charge is 0.493 e. The molecule has 45 heavy (non-hydrogen) atoms. The molecule has 228 valence electrons. The van der Waals surface area contributed by atoms with Crippen LogP contribution in [0.2, 0.25) is 0 Å². The summed E-state index contributed by atoms with van der Waals surface area (Å²) in [5.74, 6) is -0.100. The highest BCUT2D eigenvalue weighted by Crippen LogP contribution is 2.38. The van der Waals surface area contributed by atoms with Crippen molar-refractivity contribution < 1.29 is 33.5 Å². The lowest BCUT2D eigenvalue weighted by Crippen LogP contribution is -2.30. The number of hydrogen-bond acceptors (Lipinski definition) is 8. The molecule has 4 aromatic carbocycles. The second-order valence-corrected chi connectivity index (χ2v) is 9.41. The van der Waals surface area contributed by atoms with Crippen molar-refractivity contribution in [1.29, 1.82) is 0 Å². The Hall–Kier alpha value is -6.23. The van der Waals surface area contributed by atoms with E-state index in [1.54, 1.807) is 72.8 Å². The van der Waals surface area contributed by atoms with E-state index in [1.165, 1.54) is 57.7 Å². The number of non-ortho nitro benzene ring substituents is 1. The van der Waals surface area contributed by atoms with Crippen molar-refractivity contribution in [2.45, 2.75) is 0 Å². The molecular formula is C34H29N3O8. The van der Waals surface area contributed by atoms with Crippen LogP contribution in [-0.2, 0) is 4.79 Å². The number of nitrogens with zero attached hydrogens (tertiary/aromatic N) is 1. The fourth-order valence-electron chi connectivity index (χ4n) is 4.18. The van der Waals surface area contributed by atoms with Crippen molar-refractivity contribution in [2.75, 3.05) is 26.6 Å². The number of amides is 2. The zero-order valence-electron chi connectivity index (χ0n) is 24.6.